The Balaban J connectivity index is 1.94. The van der Waals surface area contributed by atoms with Gasteiger partial charge >= 0.3 is 5.97 Å². The Hall–Kier alpha value is -1.94. The first-order chi connectivity index (χ1) is 9.48. The maximum Gasteiger partial charge on any atom is 0.312 e. The third-order valence-electron chi connectivity index (χ3n) is 4.32. The summed E-state index contributed by atoms with van der Waals surface area (Å²) in [4.78, 5) is 11.3. The first kappa shape index (κ1) is 13.1. The summed E-state index contributed by atoms with van der Waals surface area (Å²) < 4.78 is 14.3. The van der Waals surface area contributed by atoms with E-state index in [0.717, 1.165) is 5.56 Å². The molecule has 104 valence electrons. The smallest absolute Gasteiger partial charge is 0.312 e. The standard InChI is InChI=1S/C16H15FO3/c17-13-10-16(20,15(8-9-15)14(18)19)7-6-12(13)11-4-2-1-3-5-11/h1-7,20H,8-10H2,(H,18,19). The van der Waals surface area contributed by atoms with Crippen molar-refractivity contribution in [2.24, 2.45) is 5.41 Å². The first-order valence-corrected chi connectivity index (χ1v) is 6.58. The Labute approximate surface area is 116 Å². The number of rotatable bonds is 3. The van der Waals surface area contributed by atoms with E-state index < -0.39 is 22.8 Å². The van der Waals surface area contributed by atoms with Gasteiger partial charge in [0.1, 0.15) is 16.8 Å². The van der Waals surface area contributed by atoms with Crippen LogP contribution in [0.2, 0.25) is 0 Å². The molecule has 0 radical (unpaired) electrons. The zero-order valence-electron chi connectivity index (χ0n) is 10.8. The van der Waals surface area contributed by atoms with Crippen LogP contribution in [-0.2, 0) is 4.79 Å². The number of aliphatic carboxylic acids is 1. The predicted octanol–water partition coefficient (Wildman–Crippen LogP) is 2.92. The van der Waals surface area contributed by atoms with Gasteiger partial charge < -0.3 is 10.2 Å². The third kappa shape index (κ3) is 1.79. The van der Waals surface area contributed by atoms with Gasteiger partial charge in [-0.3, -0.25) is 4.79 Å². The van der Waals surface area contributed by atoms with Crippen molar-refractivity contribution in [2.45, 2.75) is 24.9 Å². The van der Waals surface area contributed by atoms with Crippen molar-refractivity contribution >= 4 is 11.5 Å². The molecular formula is C16H15FO3. The predicted molar refractivity (Wildman–Crippen MR) is 72.5 cm³/mol. The zero-order chi connectivity index (χ0) is 14.4. The number of carboxylic acid groups (broad SMARTS) is 1. The summed E-state index contributed by atoms with van der Waals surface area (Å²) in [6.45, 7) is 0. The van der Waals surface area contributed by atoms with Crippen LogP contribution in [0.15, 0.2) is 48.3 Å². The second-order valence-electron chi connectivity index (χ2n) is 5.51. The van der Waals surface area contributed by atoms with E-state index >= 15 is 0 Å². The van der Waals surface area contributed by atoms with E-state index in [-0.39, 0.29) is 6.42 Å². The van der Waals surface area contributed by atoms with E-state index in [1.807, 2.05) is 18.2 Å². The molecule has 2 aliphatic rings. The fraction of sp³-hybridized carbons (Fsp3) is 0.312. The van der Waals surface area contributed by atoms with Crippen LogP contribution in [0.4, 0.5) is 4.39 Å². The van der Waals surface area contributed by atoms with Crippen LogP contribution in [0.1, 0.15) is 24.8 Å². The minimum atomic E-state index is -1.62. The van der Waals surface area contributed by atoms with Crippen LogP contribution < -0.4 is 0 Å². The lowest BCUT2D eigenvalue weighted by molar-refractivity contribution is -0.152. The highest BCUT2D eigenvalue weighted by molar-refractivity contribution is 5.83. The normalized spacial score (nSPS) is 27.5. The van der Waals surface area contributed by atoms with Crippen molar-refractivity contribution in [3.05, 3.63) is 53.9 Å². The number of allylic oxidation sites excluding steroid dienone is 2. The molecule has 0 aromatic heterocycles. The number of carboxylic acids is 1. The van der Waals surface area contributed by atoms with Gasteiger partial charge in [-0.25, -0.2) is 4.39 Å². The van der Waals surface area contributed by atoms with Gasteiger partial charge in [0.2, 0.25) is 0 Å². The van der Waals surface area contributed by atoms with Gasteiger partial charge in [-0.2, -0.15) is 0 Å². The van der Waals surface area contributed by atoms with Crippen molar-refractivity contribution in [3.8, 4) is 0 Å². The molecule has 3 rings (SSSR count). The summed E-state index contributed by atoms with van der Waals surface area (Å²) in [6, 6.07) is 9.03. The van der Waals surface area contributed by atoms with Gasteiger partial charge in [0.25, 0.3) is 0 Å². The minimum absolute atomic E-state index is 0.278. The summed E-state index contributed by atoms with van der Waals surface area (Å²) in [7, 11) is 0. The topological polar surface area (TPSA) is 57.5 Å². The molecular weight excluding hydrogens is 259 g/mol. The fourth-order valence-corrected chi connectivity index (χ4v) is 2.86. The lowest BCUT2D eigenvalue weighted by atomic mass is 9.77. The Bertz CT molecular complexity index is 614. The van der Waals surface area contributed by atoms with Gasteiger partial charge in [-0.05, 0) is 18.4 Å². The van der Waals surface area contributed by atoms with E-state index in [2.05, 4.69) is 0 Å². The van der Waals surface area contributed by atoms with Gasteiger partial charge in [0, 0.05) is 12.0 Å². The summed E-state index contributed by atoms with van der Waals surface area (Å²) in [5.74, 6) is -1.52. The number of benzene rings is 1. The lowest BCUT2D eigenvalue weighted by Gasteiger charge is -2.33. The Morgan fingerprint density at radius 2 is 1.85 bits per heavy atom. The fourth-order valence-electron chi connectivity index (χ4n) is 2.86. The molecule has 0 saturated heterocycles. The van der Waals surface area contributed by atoms with Crippen molar-refractivity contribution in [1.82, 2.24) is 0 Å². The van der Waals surface area contributed by atoms with Crippen LogP contribution >= 0.6 is 0 Å². The highest BCUT2D eigenvalue weighted by Gasteiger charge is 2.64. The summed E-state index contributed by atoms with van der Waals surface area (Å²) in [5, 5.41) is 19.8. The molecule has 1 saturated carbocycles. The van der Waals surface area contributed by atoms with Gasteiger partial charge in [-0.15, -0.1) is 0 Å². The van der Waals surface area contributed by atoms with Crippen LogP contribution in [-0.4, -0.2) is 21.8 Å². The van der Waals surface area contributed by atoms with Crippen LogP contribution in [0.3, 0.4) is 0 Å². The van der Waals surface area contributed by atoms with Crippen LogP contribution in [0.5, 0.6) is 0 Å². The summed E-state index contributed by atoms with van der Waals surface area (Å²) in [6.07, 6.45) is 3.44. The average molecular weight is 274 g/mol. The van der Waals surface area contributed by atoms with E-state index in [1.54, 1.807) is 12.1 Å². The monoisotopic (exact) mass is 274 g/mol. The maximum absolute atomic E-state index is 14.3. The number of carbonyl (C=O) groups is 1. The highest BCUT2D eigenvalue weighted by atomic mass is 19.1. The molecule has 4 heteroatoms. The molecule has 1 aromatic rings. The van der Waals surface area contributed by atoms with E-state index in [0.29, 0.717) is 18.4 Å². The van der Waals surface area contributed by atoms with Crippen molar-refractivity contribution in [3.63, 3.8) is 0 Å². The van der Waals surface area contributed by atoms with Gasteiger partial charge in [-0.1, -0.05) is 42.5 Å². The molecule has 1 atom stereocenters. The quantitative estimate of drug-likeness (QED) is 0.891. The molecule has 20 heavy (non-hydrogen) atoms. The molecule has 3 nitrogen and oxygen atoms in total. The van der Waals surface area contributed by atoms with E-state index in [9.17, 15) is 19.4 Å². The Morgan fingerprint density at radius 3 is 2.35 bits per heavy atom. The van der Waals surface area contributed by atoms with Crippen molar-refractivity contribution in [1.29, 1.82) is 0 Å². The molecule has 0 amide bonds. The van der Waals surface area contributed by atoms with Crippen LogP contribution in [0.25, 0.3) is 5.57 Å². The Kier molecular flexibility index (Phi) is 2.80. The highest BCUT2D eigenvalue weighted by Crippen LogP contribution is 2.58. The van der Waals surface area contributed by atoms with E-state index in [1.165, 1.54) is 12.2 Å². The number of hydrogen-bond donors (Lipinski definition) is 2. The van der Waals surface area contributed by atoms with E-state index in [4.69, 9.17) is 0 Å². The maximum atomic E-state index is 14.3. The lowest BCUT2D eigenvalue weighted by Crippen LogP contribution is -2.43. The number of halogens is 1. The molecule has 1 aromatic carbocycles. The SMILES string of the molecule is O=C(O)C1(C2(O)C=CC(c3ccccc3)=C(F)C2)CC1. The third-order valence-corrected chi connectivity index (χ3v) is 4.32. The number of hydrogen-bond acceptors (Lipinski definition) is 2. The molecule has 0 bridgehead atoms. The molecule has 1 unspecified atom stereocenters. The second-order valence-corrected chi connectivity index (χ2v) is 5.51. The Morgan fingerprint density at radius 1 is 1.20 bits per heavy atom. The second kappa shape index (κ2) is 4.28. The van der Waals surface area contributed by atoms with Crippen molar-refractivity contribution < 1.29 is 19.4 Å². The van der Waals surface area contributed by atoms with Gasteiger partial charge in [0.05, 0.1) is 0 Å². The summed E-state index contributed by atoms with van der Waals surface area (Å²) in [5.41, 5.74) is -1.70. The molecule has 0 spiro atoms. The van der Waals surface area contributed by atoms with Crippen LogP contribution in [0, 0.1) is 5.41 Å². The molecule has 2 N–H and O–H groups in total. The zero-order valence-corrected chi connectivity index (χ0v) is 10.8. The molecule has 1 fully saturated rings. The minimum Gasteiger partial charge on any atom is -0.481 e. The summed E-state index contributed by atoms with van der Waals surface area (Å²) >= 11 is 0. The first-order valence-electron chi connectivity index (χ1n) is 6.58. The number of aliphatic hydroxyl groups is 1. The molecule has 0 aliphatic heterocycles. The average Bonchev–Trinajstić information content (AvgIpc) is 3.21. The molecule has 2 aliphatic carbocycles. The van der Waals surface area contributed by atoms with Crippen molar-refractivity contribution in [2.75, 3.05) is 0 Å². The molecule has 0 heterocycles. The largest absolute Gasteiger partial charge is 0.481 e. The van der Waals surface area contributed by atoms with Gasteiger partial charge in [0.15, 0.2) is 0 Å².